The van der Waals surface area contributed by atoms with Crippen LogP contribution in [0, 0.1) is 0 Å². The summed E-state index contributed by atoms with van der Waals surface area (Å²) < 4.78 is 0. The minimum absolute atomic E-state index is 0.115. The Hall–Kier alpha value is -1.69. The highest BCUT2D eigenvalue weighted by atomic mass is 16.4. The number of hydrogen-bond acceptors (Lipinski definition) is 5. The van der Waals surface area contributed by atoms with Crippen molar-refractivity contribution in [3.8, 4) is 5.75 Å². The first-order valence-electron chi connectivity index (χ1n) is 5.02. The molecule has 0 heterocycles. The van der Waals surface area contributed by atoms with Gasteiger partial charge in [-0.05, 0) is 23.8 Å². The molecule has 0 aliphatic carbocycles. The van der Waals surface area contributed by atoms with E-state index in [9.17, 15) is 9.90 Å². The van der Waals surface area contributed by atoms with E-state index in [4.69, 9.17) is 15.3 Å². The Bertz CT molecular complexity index is 396. The number of aromatic hydroxyl groups is 1. The molecule has 0 bridgehead atoms. The summed E-state index contributed by atoms with van der Waals surface area (Å²) in [5, 5.41) is 35.9. The standard InChI is InChI=1S/C12H14O5/c13-7-11(16)12(17)10(15)6-3-8-1-4-9(14)5-2-8/h1-6,11-14,16-17H,7H2. The lowest BCUT2D eigenvalue weighted by Gasteiger charge is -2.11. The summed E-state index contributed by atoms with van der Waals surface area (Å²) >= 11 is 0. The normalized spacial score (nSPS) is 14.8. The molecule has 17 heavy (non-hydrogen) atoms. The van der Waals surface area contributed by atoms with Crippen molar-refractivity contribution >= 4 is 11.9 Å². The van der Waals surface area contributed by atoms with Crippen molar-refractivity contribution in [1.29, 1.82) is 0 Å². The number of phenolic OH excluding ortho intramolecular Hbond substituents is 1. The summed E-state index contributed by atoms with van der Waals surface area (Å²) in [6.45, 7) is -0.681. The molecule has 0 radical (unpaired) electrons. The Balaban J connectivity index is 2.65. The summed E-state index contributed by atoms with van der Waals surface area (Å²) in [6, 6.07) is 6.11. The van der Waals surface area contributed by atoms with Crippen molar-refractivity contribution < 1.29 is 25.2 Å². The van der Waals surface area contributed by atoms with E-state index in [0.29, 0.717) is 5.56 Å². The highest BCUT2D eigenvalue weighted by Crippen LogP contribution is 2.11. The zero-order chi connectivity index (χ0) is 12.8. The van der Waals surface area contributed by atoms with E-state index in [1.165, 1.54) is 18.2 Å². The molecule has 1 rings (SSSR count). The molecule has 0 aromatic heterocycles. The molecule has 0 saturated heterocycles. The summed E-state index contributed by atoms with van der Waals surface area (Å²) in [5.41, 5.74) is 0.668. The van der Waals surface area contributed by atoms with Crippen LogP contribution in [0.2, 0.25) is 0 Å². The molecule has 5 heteroatoms. The zero-order valence-corrected chi connectivity index (χ0v) is 9.02. The van der Waals surface area contributed by atoms with E-state index in [1.807, 2.05) is 0 Å². The van der Waals surface area contributed by atoms with Crippen molar-refractivity contribution in [1.82, 2.24) is 0 Å². The van der Waals surface area contributed by atoms with E-state index in [-0.39, 0.29) is 5.75 Å². The largest absolute Gasteiger partial charge is 0.508 e. The molecule has 0 spiro atoms. The molecule has 2 unspecified atom stereocenters. The van der Waals surface area contributed by atoms with Crippen molar-refractivity contribution in [2.45, 2.75) is 12.2 Å². The summed E-state index contributed by atoms with van der Waals surface area (Å²) in [4.78, 5) is 11.3. The lowest BCUT2D eigenvalue weighted by molar-refractivity contribution is -0.129. The fourth-order valence-corrected chi connectivity index (χ4v) is 1.15. The molecule has 92 valence electrons. The Kier molecular flexibility index (Phi) is 4.84. The predicted molar refractivity (Wildman–Crippen MR) is 61.2 cm³/mol. The van der Waals surface area contributed by atoms with E-state index in [0.717, 1.165) is 6.08 Å². The summed E-state index contributed by atoms with van der Waals surface area (Å²) in [6.07, 6.45) is -0.564. The Labute approximate surface area is 98.3 Å². The molecule has 4 N–H and O–H groups in total. The highest BCUT2D eigenvalue weighted by molar-refractivity contribution is 5.97. The van der Waals surface area contributed by atoms with Crippen LogP contribution in [-0.2, 0) is 4.79 Å². The quantitative estimate of drug-likeness (QED) is 0.527. The van der Waals surface area contributed by atoms with Crippen molar-refractivity contribution in [2.24, 2.45) is 0 Å². The molecule has 0 aliphatic rings. The molecule has 5 nitrogen and oxygen atoms in total. The van der Waals surface area contributed by atoms with Crippen LogP contribution in [0.15, 0.2) is 30.3 Å². The Morgan fingerprint density at radius 2 is 1.82 bits per heavy atom. The second-order valence-corrected chi connectivity index (χ2v) is 3.52. The van der Waals surface area contributed by atoms with E-state index in [2.05, 4.69) is 0 Å². The number of rotatable bonds is 5. The van der Waals surface area contributed by atoms with Crippen LogP contribution in [0.1, 0.15) is 5.56 Å². The van der Waals surface area contributed by atoms with Gasteiger partial charge in [-0.25, -0.2) is 0 Å². The number of aliphatic hydroxyl groups excluding tert-OH is 3. The third-order valence-electron chi connectivity index (χ3n) is 2.18. The maximum Gasteiger partial charge on any atom is 0.186 e. The first-order valence-corrected chi connectivity index (χ1v) is 5.02. The van der Waals surface area contributed by atoms with Gasteiger partial charge in [-0.15, -0.1) is 0 Å². The minimum Gasteiger partial charge on any atom is -0.508 e. The molecule has 0 aliphatic heterocycles. The second-order valence-electron chi connectivity index (χ2n) is 3.52. The number of phenols is 1. The Morgan fingerprint density at radius 3 is 2.35 bits per heavy atom. The lowest BCUT2D eigenvalue weighted by atomic mass is 10.1. The molecule has 0 saturated carbocycles. The first kappa shape index (κ1) is 13.4. The average Bonchev–Trinajstić information content (AvgIpc) is 2.35. The number of carbonyl (C=O) groups is 1. The highest BCUT2D eigenvalue weighted by Gasteiger charge is 2.20. The van der Waals surface area contributed by atoms with Gasteiger partial charge in [-0.2, -0.15) is 0 Å². The lowest BCUT2D eigenvalue weighted by Crippen LogP contribution is -2.35. The van der Waals surface area contributed by atoms with Crippen LogP contribution in [0.3, 0.4) is 0 Å². The fraction of sp³-hybridized carbons (Fsp3) is 0.250. The number of carbonyl (C=O) groups excluding carboxylic acids is 1. The molecule has 0 amide bonds. The maximum atomic E-state index is 11.3. The van der Waals surface area contributed by atoms with Crippen LogP contribution in [-0.4, -0.2) is 45.0 Å². The van der Waals surface area contributed by atoms with E-state index in [1.54, 1.807) is 12.1 Å². The maximum absolute atomic E-state index is 11.3. The molecule has 1 aromatic rings. The molecule has 0 fully saturated rings. The van der Waals surface area contributed by atoms with Gasteiger partial charge in [-0.1, -0.05) is 18.2 Å². The first-order chi connectivity index (χ1) is 8.04. The van der Waals surface area contributed by atoms with Crippen LogP contribution in [0.5, 0.6) is 5.75 Å². The molecule has 1 aromatic carbocycles. The third kappa shape index (κ3) is 3.99. The molecular weight excluding hydrogens is 224 g/mol. The van der Waals surface area contributed by atoms with Crippen molar-refractivity contribution in [3.05, 3.63) is 35.9 Å². The topological polar surface area (TPSA) is 98.0 Å². The van der Waals surface area contributed by atoms with Gasteiger partial charge in [0.25, 0.3) is 0 Å². The van der Waals surface area contributed by atoms with Crippen molar-refractivity contribution in [3.63, 3.8) is 0 Å². The van der Waals surface area contributed by atoms with Crippen LogP contribution in [0.25, 0.3) is 6.08 Å². The SMILES string of the molecule is O=C(C=Cc1ccc(O)cc1)C(O)C(O)CO. The van der Waals surface area contributed by atoms with Crippen molar-refractivity contribution in [2.75, 3.05) is 6.61 Å². The third-order valence-corrected chi connectivity index (χ3v) is 2.18. The minimum atomic E-state index is -1.63. The van der Waals surface area contributed by atoms with Gasteiger partial charge in [0, 0.05) is 0 Å². The van der Waals surface area contributed by atoms with Crippen LogP contribution < -0.4 is 0 Å². The number of benzene rings is 1. The predicted octanol–water partition coefficient (Wildman–Crippen LogP) is -0.311. The number of ketones is 1. The number of hydrogen-bond donors (Lipinski definition) is 4. The van der Waals surface area contributed by atoms with Gasteiger partial charge >= 0.3 is 0 Å². The van der Waals surface area contributed by atoms with E-state index < -0.39 is 24.6 Å². The van der Waals surface area contributed by atoms with E-state index >= 15 is 0 Å². The summed E-state index contributed by atoms with van der Waals surface area (Å²) in [7, 11) is 0. The average molecular weight is 238 g/mol. The fourth-order valence-electron chi connectivity index (χ4n) is 1.15. The van der Waals surface area contributed by atoms with Crippen LogP contribution in [0.4, 0.5) is 0 Å². The van der Waals surface area contributed by atoms with Gasteiger partial charge in [0.1, 0.15) is 18.0 Å². The van der Waals surface area contributed by atoms with Gasteiger partial charge in [0.2, 0.25) is 0 Å². The molecular formula is C12H14O5. The number of aliphatic hydroxyl groups is 3. The Morgan fingerprint density at radius 1 is 1.24 bits per heavy atom. The van der Waals surface area contributed by atoms with Gasteiger partial charge in [-0.3, -0.25) is 4.79 Å². The monoisotopic (exact) mass is 238 g/mol. The van der Waals surface area contributed by atoms with Gasteiger partial charge in [0.15, 0.2) is 5.78 Å². The van der Waals surface area contributed by atoms with Gasteiger partial charge in [0.05, 0.1) is 6.61 Å². The van der Waals surface area contributed by atoms with Gasteiger partial charge < -0.3 is 20.4 Å². The zero-order valence-electron chi connectivity index (χ0n) is 9.02. The second kappa shape index (κ2) is 6.15. The smallest absolute Gasteiger partial charge is 0.186 e. The summed E-state index contributed by atoms with van der Waals surface area (Å²) in [5.74, 6) is -0.580. The molecule has 2 atom stereocenters. The van der Waals surface area contributed by atoms with Crippen LogP contribution >= 0.6 is 0 Å².